The summed E-state index contributed by atoms with van der Waals surface area (Å²) in [6.07, 6.45) is 6.29. The van der Waals surface area contributed by atoms with Gasteiger partial charge in [-0.2, -0.15) is 0 Å². The van der Waals surface area contributed by atoms with E-state index in [9.17, 15) is 0 Å². The zero-order chi connectivity index (χ0) is 12.7. The second kappa shape index (κ2) is 7.88. The number of thiophene rings is 1. The Morgan fingerprint density at radius 2 is 1.88 bits per heavy atom. The first kappa shape index (κ1) is 14.7. The Balaban J connectivity index is 2.51. The van der Waals surface area contributed by atoms with Gasteiger partial charge >= 0.3 is 0 Å². The Morgan fingerprint density at radius 1 is 1.18 bits per heavy atom. The van der Waals surface area contributed by atoms with Gasteiger partial charge in [-0.25, -0.2) is 0 Å². The van der Waals surface area contributed by atoms with Crippen LogP contribution in [-0.4, -0.2) is 12.1 Å². The second-order valence-electron chi connectivity index (χ2n) is 5.09. The van der Waals surface area contributed by atoms with E-state index in [1.165, 1.54) is 41.9 Å². The summed E-state index contributed by atoms with van der Waals surface area (Å²) in [5.74, 6) is 0. The van der Waals surface area contributed by atoms with Crippen LogP contribution in [0.4, 0.5) is 0 Å². The van der Waals surface area contributed by atoms with Crippen LogP contribution in [0.15, 0.2) is 12.1 Å². The molecule has 98 valence electrons. The molecule has 0 aliphatic carbocycles. The predicted molar refractivity (Wildman–Crippen MR) is 79.0 cm³/mol. The van der Waals surface area contributed by atoms with Crippen LogP contribution in [0.1, 0.15) is 56.7 Å². The molecule has 0 fully saturated rings. The minimum Gasteiger partial charge on any atom is -0.311 e. The summed E-state index contributed by atoms with van der Waals surface area (Å²) in [5, 5.41) is 3.70. The van der Waals surface area contributed by atoms with E-state index in [0.717, 1.165) is 0 Å². The number of rotatable bonds is 8. The maximum absolute atomic E-state index is 3.70. The molecule has 0 amide bonds. The molecule has 1 unspecified atom stereocenters. The molecular formula is C15H27NS. The van der Waals surface area contributed by atoms with Crippen molar-refractivity contribution in [2.45, 2.75) is 71.9 Å². The van der Waals surface area contributed by atoms with Crippen molar-refractivity contribution >= 4 is 11.3 Å². The molecule has 1 N–H and O–H groups in total. The maximum Gasteiger partial charge on any atom is 0.0118 e. The molecule has 0 spiro atoms. The van der Waals surface area contributed by atoms with Gasteiger partial charge in [0.2, 0.25) is 0 Å². The van der Waals surface area contributed by atoms with Crippen molar-refractivity contribution in [3.05, 3.63) is 21.9 Å². The van der Waals surface area contributed by atoms with Gasteiger partial charge in [-0.1, -0.05) is 40.5 Å². The van der Waals surface area contributed by atoms with Gasteiger partial charge in [0.15, 0.2) is 0 Å². The van der Waals surface area contributed by atoms with E-state index in [2.05, 4.69) is 45.1 Å². The summed E-state index contributed by atoms with van der Waals surface area (Å²) in [7, 11) is 0. The Morgan fingerprint density at radius 3 is 2.41 bits per heavy atom. The third kappa shape index (κ3) is 5.69. The lowest BCUT2D eigenvalue weighted by atomic mass is 10.0. The van der Waals surface area contributed by atoms with E-state index in [-0.39, 0.29) is 0 Å². The summed E-state index contributed by atoms with van der Waals surface area (Å²) in [6.45, 7) is 8.99. The van der Waals surface area contributed by atoms with Crippen molar-refractivity contribution in [1.29, 1.82) is 0 Å². The van der Waals surface area contributed by atoms with Gasteiger partial charge in [-0.3, -0.25) is 0 Å². The number of unbranched alkanes of at least 4 members (excludes halogenated alkanes) is 1. The third-order valence-corrected chi connectivity index (χ3v) is 4.24. The zero-order valence-electron chi connectivity index (χ0n) is 11.8. The average molecular weight is 253 g/mol. The first-order chi connectivity index (χ1) is 8.15. The Kier molecular flexibility index (Phi) is 6.83. The highest BCUT2D eigenvalue weighted by molar-refractivity contribution is 7.11. The molecular weight excluding hydrogens is 226 g/mol. The fourth-order valence-corrected chi connectivity index (χ4v) is 3.17. The standard InChI is InChI=1S/C15H27NS/c1-5-7-8-13(16-12(3)4)11-15-10-9-14(6-2)17-15/h9-10,12-13,16H,5-8,11H2,1-4H3. The van der Waals surface area contributed by atoms with Crippen molar-refractivity contribution in [2.75, 3.05) is 0 Å². The molecule has 2 heteroatoms. The number of hydrogen-bond acceptors (Lipinski definition) is 2. The molecule has 0 bridgehead atoms. The van der Waals surface area contributed by atoms with E-state index in [1.807, 2.05) is 11.3 Å². The molecule has 0 aromatic carbocycles. The maximum atomic E-state index is 3.70. The molecule has 1 aromatic heterocycles. The lowest BCUT2D eigenvalue weighted by molar-refractivity contribution is 0.426. The van der Waals surface area contributed by atoms with Gasteiger partial charge in [0.25, 0.3) is 0 Å². The fourth-order valence-electron chi connectivity index (χ4n) is 2.13. The van der Waals surface area contributed by atoms with Crippen LogP contribution in [0.25, 0.3) is 0 Å². The van der Waals surface area contributed by atoms with Crippen LogP contribution < -0.4 is 5.32 Å². The second-order valence-corrected chi connectivity index (χ2v) is 6.34. The van der Waals surface area contributed by atoms with Crippen LogP contribution in [0.5, 0.6) is 0 Å². The van der Waals surface area contributed by atoms with E-state index in [1.54, 1.807) is 0 Å². The van der Waals surface area contributed by atoms with Crippen molar-refractivity contribution < 1.29 is 0 Å². The van der Waals surface area contributed by atoms with E-state index in [0.29, 0.717) is 12.1 Å². The topological polar surface area (TPSA) is 12.0 Å². The summed E-state index contributed by atoms with van der Waals surface area (Å²) < 4.78 is 0. The minimum atomic E-state index is 0.586. The van der Waals surface area contributed by atoms with Crippen LogP contribution in [0.2, 0.25) is 0 Å². The van der Waals surface area contributed by atoms with Crippen LogP contribution in [0.3, 0.4) is 0 Å². The first-order valence-electron chi connectivity index (χ1n) is 6.99. The van der Waals surface area contributed by atoms with Crippen LogP contribution in [0, 0.1) is 0 Å². The third-order valence-electron chi connectivity index (χ3n) is 2.99. The van der Waals surface area contributed by atoms with Crippen LogP contribution in [-0.2, 0) is 12.8 Å². The van der Waals surface area contributed by atoms with Gasteiger partial charge in [0.1, 0.15) is 0 Å². The Bertz CT molecular complexity index is 304. The number of nitrogens with one attached hydrogen (secondary N) is 1. The van der Waals surface area contributed by atoms with Gasteiger partial charge in [-0.15, -0.1) is 11.3 Å². The van der Waals surface area contributed by atoms with Crippen molar-refractivity contribution in [1.82, 2.24) is 5.32 Å². The lowest BCUT2D eigenvalue weighted by Crippen LogP contribution is -2.36. The molecule has 1 heterocycles. The summed E-state index contributed by atoms with van der Waals surface area (Å²) in [6, 6.07) is 5.83. The molecule has 0 saturated carbocycles. The minimum absolute atomic E-state index is 0.586. The first-order valence-corrected chi connectivity index (χ1v) is 7.81. The highest BCUT2D eigenvalue weighted by atomic mass is 32.1. The highest BCUT2D eigenvalue weighted by Crippen LogP contribution is 2.20. The molecule has 1 aromatic rings. The van der Waals surface area contributed by atoms with Crippen LogP contribution >= 0.6 is 11.3 Å². The molecule has 1 nitrogen and oxygen atoms in total. The van der Waals surface area contributed by atoms with Gasteiger partial charge < -0.3 is 5.32 Å². The van der Waals surface area contributed by atoms with Crippen molar-refractivity contribution in [2.24, 2.45) is 0 Å². The smallest absolute Gasteiger partial charge is 0.0118 e. The Hall–Kier alpha value is -0.340. The molecule has 17 heavy (non-hydrogen) atoms. The van der Waals surface area contributed by atoms with Gasteiger partial charge in [0.05, 0.1) is 0 Å². The van der Waals surface area contributed by atoms with Gasteiger partial charge in [-0.05, 0) is 31.4 Å². The summed E-state index contributed by atoms with van der Waals surface area (Å²) in [5.41, 5.74) is 0. The lowest BCUT2D eigenvalue weighted by Gasteiger charge is -2.20. The normalized spacial score (nSPS) is 13.2. The van der Waals surface area contributed by atoms with E-state index in [4.69, 9.17) is 0 Å². The molecule has 0 saturated heterocycles. The molecule has 1 rings (SSSR count). The highest BCUT2D eigenvalue weighted by Gasteiger charge is 2.11. The molecule has 0 aliphatic heterocycles. The SMILES string of the molecule is CCCCC(Cc1ccc(CC)s1)NC(C)C. The van der Waals surface area contributed by atoms with Crippen molar-refractivity contribution in [3.8, 4) is 0 Å². The number of aryl methyl sites for hydroxylation is 1. The predicted octanol–water partition coefficient (Wildman–Crippen LogP) is 4.41. The monoisotopic (exact) mass is 253 g/mol. The largest absolute Gasteiger partial charge is 0.311 e. The Labute approximate surface area is 111 Å². The van der Waals surface area contributed by atoms with E-state index >= 15 is 0 Å². The summed E-state index contributed by atoms with van der Waals surface area (Å²) in [4.78, 5) is 3.05. The van der Waals surface area contributed by atoms with Crippen molar-refractivity contribution in [3.63, 3.8) is 0 Å². The molecule has 0 aliphatic rings. The summed E-state index contributed by atoms with van der Waals surface area (Å²) >= 11 is 1.98. The quantitative estimate of drug-likeness (QED) is 0.723. The average Bonchev–Trinajstić information content (AvgIpc) is 2.73. The molecule has 0 radical (unpaired) electrons. The number of hydrogen-bond donors (Lipinski definition) is 1. The molecule has 1 atom stereocenters. The zero-order valence-corrected chi connectivity index (χ0v) is 12.6. The van der Waals surface area contributed by atoms with E-state index < -0.39 is 0 Å². The van der Waals surface area contributed by atoms with Gasteiger partial charge in [0, 0.05) is 21.8 Å². The fraction of sp³-hybridized carbons (Fsp3) is 0.733.